The Kier molecular flexibility index (Phi) is 3.26. The van der Waals surface area contributed by atoms with Crippen LogP contribution in [0.5, 0.6) is 0 Å². The number of aryl methyl sites for hydroxylation is 1. The molecule has 2 unspecified atom stereocenters. The van der Waals surface area contributed by atoms with E-state index in [4.69, 9.17) is 9.47 Å². The molecule has 0 bridgehead atoms. The monoisotopic (exact) mass is 286 g/mol. The Labute approximate surface area is 125 Å². The van der Waals surface area contributed by atoms with Gasteiger partial charge in [-0.05, 0) is 49.7 Å². The second-order valence-corrected chi connectivity index (χ2v) is 6.94. The van der Waals surface area contributed by atoms with Crippen LogP contribution < -0.4 is 0 Å². The van der Waals surface area contributed by atoms with E-state index in [1.165, 1.54) is 11.1 Å². The second kappa shape index (κ2) is 5.13. The fraction of sp³-hybridized carbons (Fsp3) is 0.611. The van der Waals surface area contributed by atoms with Crippen LogP contribution in [0.3, 0.4) is 0 Å². The fourth-order valence-corrected chi connectivity index (χ4v) is 4.15. The van der Waals surface area contributed by atoms with Crippen LogP contribution in [-0.4, -0.2) is 25.3 Å². The molecular weight excluding hydrogens is 264 g/mol. The van der Waals surface area contributed by atoms with Gasteiger partial charge in [0.1, 0.15) is 6.10 Å². The summed E-state index contributed by atoms with van der Waals surface area (Å²) in [6.45, 7) is 1.71. The highest BCUT2D eigenvalue weighted by atomic mass is 16.5. The molecule has 3 aliphatic rings. The van der Waals surface area contributed by atoms with Gasteiger partial charge < -0.3 is 9.47 Å². The van der Waals surface area contributed by atoms with E-state index in [-0.39, 0.29) is 18.0 Å². The van der Waals surface area contributed by atoms with Gasteiger partial charge >= 0.3 is 5.97 Å². The van der Waals surface area contributed by atoms with E-state index in [1.807, 2.05) is 6.07 Å². The number of hydrogen-bond acceptors (Lipinski definition) is 3. The van der Waals surface area contributed by atoms with Crippen molar-refractivity contribution in [2.45, 2.75) is 50.5 Å². The molecule has 112 valence electrons. The van der Waals surface area contributed by atoms with Crippen LogP contribution in [-0.2, 0) is 20.7 Å². The first-order valence-electron chi connectivity index (χ1n) is 8.12. The Bertz CT molecular complexity index is 547. The zero-order valence-corrected chi connectivity index (χ0v) is 12.3. The van der Waals surface area contributed by atoms with Crippen LogP contribution in [0, 0.1) is 5.41 Å². The minimum Gasteiger partial charge on any atom is -0.462 e. The first kappa shape index (κ1) is 13.3. The van der Waals surface area contributed by atoms with Gasteiger partial charge in [0.05, 0.1) is 19.1 Å². The summed E-state index contributed by atoms with van der Waals surface area (Å²) in [6, 6.07) is 8.33. The van der Waals surface area contributed by atoms with Crippen LogP contribution in [0.4, 0.5) is 0 Å². The highest BCUT2D eigenvalue weighted by molar-refractivity contribution is 5.79. The van der Waals surface area contributed by atoms with E-state index in [0.29, 0.717) is 5.41 Å². The highest BCUT2D eigenvalue weighted by Crippen LogP contribution is 2.45. The maximum absolute atomic E-state index is 12.6. The molecule has 1 heterocycles. The molecule has 3 nitrogen and oxygen atoms in total. The van der Waals surface area contributed by atoms with Gasteiger partial charge in [0, 0.05) is 5.41 Å². The number of esters is 1. The van der Waals surface area contributed by atoms with Crippen molar-refractivity contribution in [2.24, 2.45) is 5.41 Å². The molecule has 2 aliphatic carbocycles. The highest BCUT2D eigenvalue weighted by Gasteiger charge is 2.46. The molecule has 0 amide bonds. The lowest BCUT2D eigenvalue weighted by Gasteiger charge is -2.37. The number of ether oxygens (including phenoxy) is 2. The molecular formula is C18H22O3. The molecule has 0 aromatic heterocycles. The molecule has 2 fully saturated rings. The molecule has 4 rings (SSSR count). The summed E-state index contributed by atoms with van der Waals surface area (Å²) < 4.78 is 11.2. The second-order valence-electron chi connectivity index (χ2n) is 6.94. The first-order chi connectivity index (χ1) is 10.3. The number of carbonyl (C=O) groups excluding carboxylic acids is 1. The molecule has 3 heteroatoms. The molecule has 1 spiro atoms. The van der Waals surface area contributed by atoms with Crippen molar-refractivity contribution in [3.05, 3.63) is 35.4 Å². The van der Waals surface area contributed by atoms with Gasteiger partial charge in [-0.25, -0.2) is 0 Å². The summed E-state index contributed by atoms with van der Waals surface area (Å²) >= 11 is 0. The van der Waals surface area contributed by atoms with Gasteiger partial charge in [0.25, 0.3) is 0 Å². The van der Waals surface area contributed by atoms with E-state index in [1.54, 1.807) is 0 Å². The van der Waals surface area contributed by atoms with Crippen molar-refractivity contribution in [2.75, 3.05) is 13.2 Å². The lowest BCUT2D eigenvalue weighted by atomic mass is 9.83. The lowest BCUT2D eigenvalue weighted by molar-refractivity contribution is -0.154. The Morgan fingerprint density at radius 2 is 2.10 bits per heavy atom. The van der Waals surface area contributed by atoms with Crippen molar-refractivity contribution in [3.8, 4) is 0 Å². The van der Waals surface area contributed by atoms with Crippen molar-refractivity contribution >= 4 is 5.97 Å². The van der Waals surface area contributed by atoms with Crippen LogP contribution in [0.15, 0.2) is 24.3 Å². The number of benzene rings is 1. The predicted molar refractivity (Wildman–Crippen MR) is 79.1 cm³/mol. The maximum Gasteiger partial charge on any atom is 0.313 e. The van der Waals surface area contributed by atoms with Crippen LogP contribution >= 0.6 is 0 Å². The summed E-state index contributed by atoms with van der Waals surface area (Å²) in [7, 11) is 0. The Balaban J connectivity index is 1.44. The smallest absolute Gasteiger partial charge is 0.313 e. The number of rotatable bonds is 2. The number of carbonyl (C=O) groups is 1. The van der Waals surface area contributed by atoms with E-state index >= 15 is 0 Å². The topological polar surface area (TPSA) is 35.5 Å². The van der Waals surface area contributed by atoms with Gasteiger partial charge in [0.15, 0.2) is 0 Å². The average molecular weight is 286 g/mol. The van der Waals surface area contributed by atoms with Gasteiger partial charge in [-0.3, -0.25) is 4.79 Å². The van der Waals surface area contributed by atoms with Crippen molar-refractivity contribution in [1.29, 1.82) is 0 Å². The van der Waals surface area contributed by atoms with E-state index in [2.05, 4.69) is 18.2 Å². The minimum atomic E-state index is -0.0517. The van der Waals surface area contributed by atoms with Crippen LogP contribution in [0.1, 0.15) is 49.1 Å². The van der Waals surface area contributed by atoms with E-state index in [9.17, 15) is 4.79 Å². The zero-order valence-electron chi connectivity index (χ0n) is 12.3. The Morgan fingerprint density at radius 3 is 2.86 bits per heavy atom. The summed E-state index contributed by atoms with van der Waals surface area (Å²) in [5, 5.41) is 0. The maximum atomic E-state index is 12.6. The molecule has 21 heavy (non-hydrogen) atoms. The first-order valence-corrected chi connectivity index (χ1v) is 8.12. The van der Waals surface area contributed by atoms with Gasteiger partial charge in [-0.2, -0.15) is 0 Å². The molecule has 0 radical (unpaired) electrons. The quantitative estimate of drug-likeness (QED) is 0.783. The van der Waals surface area contributed by atoms with Crippen molar-refractivity contribution in [3.63, 3.8) is 0 Å². The van der Waals surface area contributed by atoms with Gasteiger partial charge in [0.2, 0.25) is 0 Å². The third-order valence-corrected chi connectivity index (χ3v) is 5.41. The van der Waals surface area contributed by atoms with Crippen molar-refractivity contribution < 1.29 is 14.3 Å². The largest absolute Gasteiger partial charge is 0.462 e. The number of hydrogen-bond donors (Lipinski definition) is 0. The van der Waals surface area contributed by atoms with E-state index < -0.39 is 0 Å². The Hall–Kier alpha value is -1.35. The molecule has 1 saturated carbocycles. The molecule has 1 aliphatic heterocycles. The summed E-state index contributed by atoms with van der Waals surface area (Å²) in [6.07, 6.45) is 6.35. The lowest BCUT2D eigenvalue weighted by Crippen LogP contribution is -2.40. The molecule has 1 saturated heterocycles. The average Bonchev–Trinajstić information content (AvgIpc) is 2.91. The SMILES string of the molecule is O=C(OC1CCC2(COC2)C1)C1CCCc2ccccc21. The van der Waals surface area contributed by atoms with Crippen LogP contribution in [0.25, 0.3) is 0 Å². The normalized spacial score (nSPS) is 29.7. The number of fused-ring (bicyclic) bond motifs is 1. The molecule has 2 atom stereocenters. The summed E-state index contributed by atoms with van der Waals surface area (Å²) in [5.74, 6) is -0.0615. The van der Waals surface area contributed by atoms with Crippen molar-refractivity contribution in [1.82, 2.24) is 0 Å². The Morgan fingerprint density at radius 1 is 1.24 bits per heavy atom. The third-order valence-electron chi connectivity index (χ3n) is 5.41. The molecule has 1 aromatic carbocycles. The predicted octanol–water partition coefficient (Wildman–Crippen LogP) is 3.22. The standard InChI is InChI=1S/C18H22O3/c19-17(21-14-8-9-18(10-14)11-20-12-18)16-7-3-5-13-4-1-2-6-15(13)16/h1-2,4,6,14,16H,3,5,7-12H2. The molecule has 1 aromatic rings. The minimum absolute atomic E-state index is 0.00978. The fourth-order valence-electron chi connectivity index (χ4n) is 4.15. The van der Waals surface area contributed by atoms with E-state index in [0.717, 1.165) is 51.7 Å². The summed E-state index contributed by atoms with van der Waals surface area (Å²) in [4.78, 5) is 12.6. The van der Waals surface area contributed by atoms with Gasteiger partial charge in [-0.1, -0.05) is 24.3 Å². The molecule has 0 N–H and O–H groups in total. The zero-order chi connectivity index (χ0) is 14.3. The van der Waals surface area contributed by atoms with Gasteiger partial charge in [-0.15, -0.1) is 0 Å². The van der Waals surface area contributed by atoms with Crippen LogP contribution in [0.2, 0.25) is 0 Å². The summed E-state index contributed by atoms with van der Waals surface area (Å²) in [5.41, 5.74) is 2.84. The third kappa shape index (κ3) is 2.38.